The lowest BCUT2D eigenvalue weighted by Crippen LogP contribution is -2.46. The minimum absolute atomic E-state index is 0.0676. The van der Waals surface area contributed by atoms with Crippen LogP contribution in [-0.2, 0) is 19.1 Å². The van der Waals surface area contributed by atoms with Crippen molar-refractivity contribution in [2.24, 2.45) is 17.3 Å². The van der Waals surface area contributed by atoms with E-state index < -0.39 is 35.6 Å². The average molecular weight is 514 g/mol. The number of ether oxygens (including phenoxy) is 2. The number of carbonyl (C=O) groups is 2. The molecule has 2 aliphatic heterocycles. The van der Waals surface area contributed by atoms with Crippen LogP contribution in [0.25, 0.3) is 6.08 Å². The number of aliphatic hydroxyl groups excluding tert-OH is 2. The molecule has 2 fully saturated rings. The van der Waals surface area contributed by atoms with E-state index in [0.29, 0.717) is 12.8 Å². The van der Waals surface area contributed by atoms with Crippen molar-refractivity contribution in [2.75, 3.05) is 0 Å². The predicted octanol–water partition coefficient (Wildman–Crippen LogP) is 4.66. The molecule has 0 amide bonds. The van der Waals surface area contributed by atoms with Gasteiger partial charge < -0.3 is 19.7 Å². The number of hydrogen-bond donors (Lipinski definition) is 2. The largest absolute Gasteiger partial charge is 0.458 e. The van der Waals surface area contributed by atoms with Gasteiger partial charge in [0.25, 0.3) is 0 Å². The molecule has 204 valence electrons. The first kappa shape index (κ1) is 29.2. The Kier molecular flexibility index (Phi) is 9.48. The molecule has 37 heavy (non-hydrogen) atoms. The number of esters is 1. The molecule has 0 saturated carbocycles. The van der Waals surface area contributed by atoms with E-state index in [0.717, 1.165) is 30.5 Å². The third-order valence-electron chi connectivity index (χ3n) is 8.22. The molecule has 2 N–H and O–H groups in total. The zero-order valence-electron chi connectivity index (χ0n) is 22.9. The fourth-order valence-electron chi connectivity index (χ4n) is 5.30. The van der Waals surface area contributed by atoms with Gasteiger partial charge in [0.2, 0.25) is 0 Å². The van der Waals surface area contributed by atoms with Crippen LogP contribution < -0.4 is 0 Å². The second kappa shape index (κ2) is 12.0. The standard InChI is InChI=1S/C30H43NO6/c1-7-11-22-27(34)19(2)12-10-14-30(6)25(37-30)17-23(20(3)16-21-13-8-9-15-31-21)36-26(33)18-24(32)29(4,5)28(22)35/h7-9,13,15-16,19,22-25,27,32,34H,1,10-12,14,17-18H2,2-6H3/b20-16+/t19-,22+,23-,24-,25?,27-,30?/m0/s1. The van der Waals surface area contributed by atoms with Gasteiger partial charge >= 0.3 is 5.97 Å². The number of hydrogen-bond acceptors (Lipinski definition) is 7. The molecule has 3 heterocycles. The van der Waals surface area contributed by atoms with Crippen molar-refractivity contribution in [3.05, 3.63) is 48.3 Å². The maximum atomic E-state index is 13.6. The van der Waals surface area contributed by atoms with E-state index in [4.69, 9.17) is 9.47 Å². The number of aromatic nitrogens is 1. The summed E-state index contributed by atoms with van der Waals surface area (Å²) >= 11 is 0. The summed E-state index contributed by atoms with van der Waals surface area (Å²) < 4.78 is 12.0. The van der Waals surface area contributed by atoms with Crippen molar-refractivity contribution in [1.82, 2.24) is 4.98 Å². The third-order valence-corrected chi connectivity index (χ3v) is 8.22. The number of nitrogens with zero attached hydrogens (tertiary/aromatic N) is 1. The number of pyridine rings is 1. The SMILES string of the molecule is C=CC[C@H]1C(=O)C(C)(C)[C@@H](O)CC(=O)O[C@H](/C(C)=C/c2ccccn2)CC2OC2(C)CCC[C@H](C)[C@@H]1O. The van der Waals surface area contributed by atoms with Gasteiger partial charge in [-0.15, -0.1) is 6.58 Å². The number of cyclic esters (lactones) is 1. The molecule has 7 atom stereocenters. The lowest BCUT2D eigenvalue weighted by atomic mass is 9.71. The minimum atomic E-state index is -1.27. The van der Waals surface area contributed by atoms with Gasteiger partial charge in [-0.2, -0.15) is 0 Å². The number of fused-ring (bicyclic) bond motifs is 1. The molecule has 3 rings (SSSR count). The van der Waals surface area contributed by atoms with Crippen LogP contribution in [0.3, 0.4) is 0 Å². The molecule has 7 heteroatoms. The highest BCUT2D eigenvalue weighted by molar-refractivity contribution is 5.88. The molecule has 0 bridgehead atoms. The van der Waals surface area contributed by atoms with E-state index >= 15 is 0 Å². The zero-order valence-corrected chi connectivity index (χ0v) is 22.9. The number of epoxide rings is 1. The van der Waals surface area contributed by atoms with Crippen molar-refractivity contribution in [3.8, 4) is 0 Å². The average Bonchev–Trinajstić information content (AvgIpc) is 3.49. The van der Waals surface area contributed by atoms with E-state index in [1.165, 1.54) is 0 Å². The summed E-state index contributed by atoms with van der Waals surface area (Å²) in [5.41, 5.74) is 0.0147. The number of ketones is 1. The molecule has 0 aliphatic carbocycles. The molecule has 0 spiro atoms. The summed E-state index contributed by atoms with van der Waals surface area (Å²) in [5.74, 6) is -1.69. The summed E-state index contributed by atoms with van der Waals surface area (Å²) in [6.07, 6.45) is 5.32. The summed E-state index contributed by atoms with van der Waals surface area (Å²) in [5, 5.41) is 22.1. The fourth-order valence-corrected chi connectivity index (χ4v) is 5.30. The lowest BCUT2D eigenvalue weighted by Gasteiger charge is -2.35. The van der Waals surface area contributed by atoms with Crippen molar-refractivity contribution in [1.29, 1.82) is 0 Å². The molecule has 2 unspecified atom stereocenters. The van der Waals surface area contributed by atoms with E-state index in [1.807, 2.05) is 38.1 Å². The van der Waals surface area contributed by atoms with E-state index in [2.05, 4.69) is 18.5 Å². The Labute approximate surface area is 221 Å². The Balaban J connectivity index is 1.89. The van der Waals surface area contributed by atoms with Crippen LogP contribution in [0.4, 0.5) is 0 Å². The quantitative estimate of drug-likeness (QED) is 0.342. The number of rotatable bonds is 4. The van der Waals surface area contributed by atoms with Crippen LogP contribution >= 0.6 is 0 Å². The van der Waals surface area contributed by atoms with Crippen molar-refractivity contribution in [3.63, 3.8) is 0 Å². The molecule has 1 aromatic rings. The number of aliphatic hydroxyl groups is 2. The number of Topliss-reactive ketones (excluding diaryl/α,β-unsaturated/α-hetero) is 1. The summed E-state index contributed by atoms with van der Waals surface area (Å²) in [6.45, 7) is 12.9. The van der Waals surface area contributed by atoms with Gasteiger partial charge in [-0.3, -0.25) is 14.6 Å². The minimum Gasteiger partial charge on any atom is -0.458 e. The number of carbonyl (C=O) groups excluding carboxylic acids is 2. The Bertz CT molecular complexity index is 989. The first-order valence-electron chi connectivity index (χ1n) is 13.4. The van der Waals surface area contributed by atoms with Crippen LogP contribution in [0.15, 0.2) is 42.6 Å². The third kappa shape index (κ3) is 7.15. The van der Waals surface area contributed by atoms with Crippen LogP contribution in [0.2, 0.25) is 0 Å². The van der Waals surface area contributed by atoms with Gasteiger partial charge in [0.15, 0.2) is 0 Å². The summed E-state index contributed by atoms with van der Waals surface area (Å²) in [7, 11) is 0. The maximum absolute atomic E-state index is 13.6. The molecular weight excluding hydrogens is 470 g/mol. The Morgan fingerprint density at radius 3 is 2.62 bits per heavy atom. The highest BCUT2D eigenvalue weighted by Gasteiger charge is 2.53. The second-order valence-electron chi connectivity index (χ2n) is 11.6. The Hall–Kier alpha value is -2.35. The summed E-state index contributed by atoms with van der Waals surface area (Å²) in [6, 6.07) is 5.61. The molecule has 0 aromatic carbocycles. The van der Waals surface area contributed by atoms with Gasteiger partial charge in [0, 0.05) is 18.5 Å². The van der Waals surface area contributed by atoms with Crippen molar-refractivity contribution < 1.29 is 29.3 Å². The van der Waals surface area contributed by atoms with Gasteiger partial charge in [-0.05, 0) is 62.8 Å². The molecular formula is C30H43NO6. The van der Waals surface area contributed by atoms with Gasteiger partial charge in [-0.1, -0.05) is 39.3 Å². The smallest absolute Gasteiger partial charge is 0.309 e. The molecule has 7 nitrogen and oxygen atoms in total. The number of allylic oxidation sites excluding steroid dienone is 1. The Morgan fingerprint density at radius 1 is 1.24 bits per heavy atom. The molecule has 2 saturated heterocycles. The van der Waals surface area contributed by atoms with Gasteiger partial charge in [0.1, 0.15) is 11.9 Å². The highest BCUT2D eigenvalue weighted by atomic mass is 16.6. The lowest BCUT2D eigenvalue weighted by molar-refractivity contribution is -0.154. The highest BCUT2D eigenvalue weighted by Crippen LogP contribution is 2.45. The van der Waals surface area contributed by atoms with E-state index in [1.54, 1.807) is 26.1 Å². The Morgan fingerprint density at radius 2 is 1.97 bits per heavy atom. The fraction of sp³-hybridized carbons (Fsp3) is 0.633. The van der Waals surface area contributed by atoms with Gasteiger partial charge in [0.05, 0.1) is 41.4 Å². The molecule has 2 aliphatic rings. The van der Waals surface area contributed by atoms with Crippen LogP contribution in [0.1, 0.15) is 78.8 Å². The predicted molar refractivity (Wildman–Crippen MR) is 142 cm³/mol. The summed E-state index contributed by atoms with van der Waals surface area (Å²) in [4.78, 5) is 30.9. The van der Waals surface area contributed by atoms with Gasteiger partial charge in [-0.25, -0.2) is 0 Å². The molecule has 0 radical (unpaired) electrons. The maximum Gasteiger partial charge on any atom is 0.309 e. The van der Waals surface area contributed by atoms with Crippen LogP contribution in [-0.4, -0.2) is 57.0 Å². The topological polar surface area (TPSA) is 109 Å². The first-order chi connectivity index (χ1) is 17.4. The second-order valence-corrected chi connectivity index (χ2v) is 11.6. The first-order valence-corrected chi connectivity index (χ1v) is 13.4. The zero-order chi connectivity index (χ0) is 27.4. The normalized spacial score (nSPS) is 35.8. The van der Waals surface area contributed by atoms with Crippen LogP contribution in [0.5, 0.6) is 0 Å². The monoisotopic (exact) mass is 513 g/mol. The van der Waals surface area contributed by atoms with E-state index in [9.17, 15) is 19.8 Å². The van der Waals surface area contributed by atoms with Crippen molar-refractivity contribution >= 4 is 17.8 Å². The van der Waals surface area contributed by atoms with Crippen molar-refractivity contribution in [2.45, 2.75) is 103 Å². The molecule has 1 aromatic heterocycles. The van der Waals surface area contributed by atoms with E-state index in [-0.39, 0.29) is 29.8 Å². The van der Waals surface area contributed by atoms with Crippen LogP contribution in [0, 0.1) is 17.3 Å².